The van der Waals surface area contributed by atoms with E-state index in [1.807, 2.05) is 79.0 Å². The summed E-state index contributed by atoms with van der Waals surface area (Å²) in [6, 6.07) is 18.9. The summed E-state index contributed by atoms with van der Waals surface area (Å²) < 4.78 is 0. The lowest BCUT2D eigenvalue weighted by molar-refractivity contribution is 0.995. The monoisotopic (exact) mass is 854 g/mol. The first kappa shape index (κ1) is 50.3. The van der Waals surface area contributed by atoms with Gasteiger partial charge in [-0.15, -0.1) is 0 Å². The van der Waals surface area contributed by atoms with Gasteiger partial charge in [0, 0.05) is 0 Å². The molecule has 0 aromatic heterocycles. The topological polar surface area (TPSA) is 0 Å². The maximum absolute atomic E-state index is 4.99. The lowest BCUT2D eigenvalue weighted by Crippen LogP contribution is -2.09. The second-order valence-electron chi connectivity index (χ2n) is 15.3. The van der Waals surface area contributed by atoms with E-state index in [2.05, 4.69) is 170 Å². The lowest BCUT2D eigenvalue weighted by atomic mass is 9.73. The average Bonchev–Trinajstić information content (AvgIpc) is 3.34. The summed E-state index contributed by atoms with van der Waals surface area (Å²) >= 11 is 0. The first-order chi connectivity index (χ1) is 32.0. The minimum absolute atomic E-state index is 0.699. The van der Waals surface area contributed by atoms with Crippen molar-refractivity contribution in [2.24, 2.45) is 0 Å². The number of hydrogen-bond donors (Lipinski definition) is 0. The van der Waals surface area contributed by atoms with Crippen LogP contribution in [0.25, 0.3) is 33.1 Å². The SMILES string of the molecule is C=CC=CC(=C)C=C(C=CC(=C)C(=C)C=CC=C)c1c(C(=CC=C)c2ccccc2)c(C(=CC=C)C2=CC=CCC2)c(C(=C)C(=CC(=C)C(=C)C=CC=C)C(=C)C=CC=C)c2ccccc12. The zero-order valence-electron chi connectivity index (χ0n) is 38.6. The van der Waals surface area contributed by atoms with E-state index in [1.54, 1.807) is 24.3 Å². The van der Waals surface area contributed by atoms with Gasteiger partial charge in [-0.25, -0.2) is 0 Å². The summed E-state index contributed by atoms with van der Waals surface area (Å²) in [6.45, 7) is 55.7. The summed E-state index contributed by atoms with van der Waals surface area (Å²) in [5, 5.41) is 1.94. The third-order valence-electron chi connectivity index (χ3n) is 10.7. The largest absolute Gasteiger partial charge is 0.0991 e. The molecule has 0 heteroatoms. The minimum Gasteiger partial charge on any atom is -0.0991 e. The fourth-order valence-electron chi connectivity index (χ4n) is 7.52. The molecular formula is C66H62. The van der Waals surface area contributed by atoms with Crippen molar-refractivity contribution in [1.29, 1.82) is 0 Å². The fourth-order valence-corrected chi connectivity index (χ4v) is 7.52. The van der Waals surface area contributed by atoms with E-state index in [9.17, 15) is 0 Å². The Hall–Kier alpha value is -8.32. The molecule has 0 radical (unpaired) electrons. The molecular weight excluding hydrogens is 793 g/mol. The van der Waals surface area contributed by atoms with Gasteiger partial charge in [-0.1, -0.05) is 268 Å². The molecule has 0 fully saturated rings. The van der Waals surface area contributed by atoms with Crippen molar-refractivity contribution in [2.45, 2.75) is 12.8 Å². The Morgan fingerprint density at radius 2 is 0.970 bits per heavy atom. The standard InChI is InChI=1S/C66H62/c1-14-20-34-48(7)46-57(45-44-51(10)49(8)35-21-15-2)64-61-43-31-30-42-60(61)63(54(13)62(52(11)37-23-17-4)47-53(12)50(9)36-22-16-3)65(58(32-18-5)55-38-26-24-27-39-55)66(64)59(33-19-6)56-40-28-25-29-41-56/h14-26,28-38,40-47H,1-13,27,39H2. The highest BCUT2D eigenvalue weighted by Gasteiger charge is 2.29. The molecule has 0 saturated heterocycles. The van der Waals surface area contributed by atoms with Gasteiger partial charge >= 0.3 is 0 Å². The van der Waals surface area contributed by atoms with Gasteiger partial charge in [-0.3, -0.25) is 0 Å². The van der Waals surface area contributed by atoms with E-state index >= 15 is 0 Å². The number of rotatable bonds is 24. The Labute approximate surface area is 396 Å². The van der Waals surface area contributed by atoms with Crippen molar-refractivity contribution in [2.75, 3.05) is 0 Å². The Morgan fingerprint density at radius 3 is 1.55 bits per heavy atom. The highest BCUT2D eigenvalue weighted by atomic mass is 14.3. The van der Waals surface area contributed by atoms with Gasteiger partial charge < -0.3 is 0 Å². The van der Waals surface area contributed by atoms with Gasteiger partial charge in [0.1, 0.15) is 0 Å². The van der Waals surface area contributed by atoms with Crippen molar-refractivity contribution >= 4 is 33.1 Å². The van der Waals surface area contributed by atoms with Crippen molar-refractivity contribution in [3.05, 3.63) is 352 Å². The van der Waals surface area contributed by atoms with Crippen LogP contribution in [0.4, 0.5) is 0 Å². The number of benzene rings is 3. The molecule has 0 N–H and O–H groups in total. The van der Waals surface area contributed by atoms with Crippen molar-refractivity contribution in [1.82, 2.24) is 0 Å². The van der Waals surface area contributed by atoms with Crippen LogP contribution in [-0.4, -0.2) is 0 Å². The predicted octanol–water partition coefficient (Wildman–Crippen LogP) is 18.5. The van der Waals surface area contributed by atoms with Gasteiger partial charge in [0.2, 0.25) is 0 Å². The van der Waals surface area contributed by atoms with Crippen LogP contribution in [0.1, 0.15) is 40.7 Å². The molecule has 0 nitrogen and oxygen atoms in total. The molecule has 0 heterocycles. The molecule has 0 saturated carbocycles. The Kier molecular flexibility index (Phi) is 19.6. The van der Waals surface area contributed by atoms with Gasteiger partial charge in [-0.2, -0.15) is 0 Å². The zero-order valence-corrected chi connectivity index (χ0v) is 38.6. The van der Waals surface area contributed by atoms with Gasteiger partial charge in [0.15, 0.2) is 0 Å². The summed E-state index contributed by atoms with van der Waals surface area (Å²) in [7, 11) is 0. The molecule has 1 aliphatic carbocycles. The Bertz CT molecular complexity index is 2870. The maximum atomic E-state index is 4.99. The van der Waals surface area contributed by atoms with Crippen LogP contribution in [0.5, 0.6) is 0 Å². The van der Waals surface area contributed by atoms with Crippen molar-refractivity contribution in [3.8, 4) is 0 Å². The molecule has 0 amide bonds. The van der Waals surface area contributed by atoms with E-state index in [1.165, 1.54) is 0 Å². The molecule has 3 aromatic carbocycles. The first-order valence-electron chi connectivity index (χ1n) is 21.8. The summed E-state index contributed by atoms with van der Waals surface area (Å²) in [5.74, 6) is 0. The second kappa shape index (κ2) is 25.7. The molecule has 0 bridgehead atoms. The van der Waals surface area contributed by atoms with E-state index in [-0.39, 0.29) is 0 Å². The normalized spacial score (nSPS) is 13.6. The summed E-state index contributed by atoms with van der Waals surface area (Å²) in [4.78, 5) is 0. The Morgan fingerprint density at radius 1 is 0.455 bits per heavy atom. The van der Waals surface area contributed by atoms with Crippen LogP contribution in [0.3, 0.4) is 0 Å². The average molecular weight is 855 g/mol. The van der Waals surface area contributed by atoms with E-state index < -0.39 is 0 Å². The second-order valence-corrected chi connectivity index (χ2v) is 15.3. The number of fused-ring (bicyclic) bond motifs is 1. The highest BCUT2D eigenvalue weighted by Crippen LogP contribution is 2.49. The smallest absolute Gasteiger partial charge is 0.000798 e. The zero-order chi connectivity index (χ0) is 48.0. The molecule has 3 aromatic rings. The molecule has 66 heavy (non-hydrogen) atoms. The van der Waals surface area contributed by atoms with E-state index in [0.717, 1.165) is 113 Å². The van der Waals surface area contributed by atoms with Gasteiger partial charge in [0.05, 0.1) is 0 Å². The molecule has 0 unspecified atom stereocenters. The van der Waals surface area contributed by atoms with Crippen LogP contribution in [0, 0.1) is 0 Å². The number of allylic oxidation sites excluding steroid dienone is 34. The molecule has 0 atom stereocenters. The molecule has 326 valence electrons. The summed E-state index contributed by atoms with van der Waals surface area (Å²) in [6.07, 6.45) is 46.4. The third kappa shape index (κ3) is 12.9. The predicted molar refractivity (Wildman–Crippen MR) is 299 cm³/mol. The maximum Gasteiger partial charge on any atom is -0.000798 e. The fraction of sp³-hybridized carbons (Fsp3) is 0.0303. The van der Waals surface area contributed by atoms with Crippen LogP contribution in [-0.2, 0) is 0 Å². The van der Waals surface area contributed by atoms with Crippen LogP contribution in [0.15, 0.2) is 324 Å². The molecule has 1 aliphatic rings. The quantitative estimate of drug-likeness (QED) is 0.0788. The first-order valence-corrected chi connectivity index (χ1v) is 21.8. The Balaban J connectivity index is 2.48. The van der Waals surface area contributed by atoms with Crippen LogP contribution in [0.2, 0.25) is 0 Å². The highest BCUT2D eigenvalue weighted by molar-refractivity contribution is 6.14. The molecule has 4 rings (SSSR count). The van der Waals surface area contributed by atoms with Crippen molar-refractivity contribution < 1.29 is 0 Å². The lowest BCUT2D eigenvalue weighted by Gasteiger charge is -2.29. The van der Waals surface area contributed by atoms with Gasteiger partial charge in [0.25, 0.3) is 0 Å². The number of hydrogen-bond acceptors (Lipinski definition) is 0. The molecule has 0 aliphatic heterocycles. The minimum atomic E-state index is 0.699. The summed E-state index contributed by atoms with van der Waals surface area (Å²) in [5.41, 5.74) is 14.7. The van der Waals surface area contributed by atoms with E-state index in [0.29, 0.717) is 5.57 Å². The van der Waals surface area contributed by atoms with Crippen LogP contribution >= 0.6 is 0 Å². The van der Waals surface area contributed by atoms with Crippen LogP contribution < -0.4 is 0 Å². The third-order valence-corrected chi connectivity index (χ3v) is 10.7. The van der Waals surface area contributed by atoms with E-state index in [4.69, 9.17) is 6.58 Å². The van der Waals surface area contributed by atoms with Crippen molar-refractivity contribution in [3.63, 3.8) is 0 Å². The molecule has 0 spiro atoms. The van der Waals surface area contributed by atoms with Gasteiger partial charge in [-0.05, 0) is 130 Å².